The Bertz CT molecular complexity index is 3940. The van der Waals surface area contributed by atoms with Gasteiger partial charge >= 0.3 is 13.9 Å². The smallest absolute Gasteiger partial charge is 0.466 e. The minimum absolute atomic E-state index is 0.0399. The molecule has 5 aromatic rings. The number of aromatic nitrogens is 2. The van der Waals surface area contributed by atoms with Gasteiger partial charge in [0.15, 0.2) is 17.3 Å². The average Bonchev–Trinajstić information content (AvgIpc) is 1.40. The summed E-state index contributed by atoms with van der Waals surface area (Å²) in [6, 6.07) is 8.71. The van der Waals surface area contributed by atoms with E-state index >= 15 is 4.79 Å². The van der Waals surface area contributed by atoms with Gasteiger partial charge < -0.3 is 75.8 Å². The molecule has 3 unspecified atom stereocenters. The minimum atomic E-state index is -4.98. The molecule has 512 valence electrons. The Labute approximate surface area is 572 Å². The molecule has 1 spiro atoms. The van der Waals surface area contributed by atoms with Crippen molar-refractivity contribution in [1.82, 2.24) is 30.4 Å². The van der Waals surface area contributed by atoms with Crippen molar-refractivity contribution in [1.29, 1.82) is 0 Å². The van der Waals surface area contributed by atoms with Crippen LogP contribution in [0.15, 0.2) is 48.8 Å². The third-order valence-corrected chi connectivity index (χ3v) is 22.0. The van der Waals surface area contributed by atoms with Crippen molar-refractivity contribution >= 4 is 146 Å². The molecule has 5 aliphatic rings. The number of H-pyrrole nitrogens is 2. The number of primary amides is 1. The summed E-state index contributed by atoms with van der Waals surface area (Å²) in [5, 5.41) is 10.3. The van der Waals surface area contributed by atoms with E-state index in [1.165, 1.54) is 13.0 Å². The molecule has 0 saturated heterocycles. The second-order valence-electron chi connectivity index (χ2n) is 26.8. The van der Waals surface area contributed by atoms with E-state index < -0.39 is 59.8 Å². The summed E-state index contributed by atoms with van der Waals surface area (Å²) in [6.45, 7) is 11.0. The highest BCUT2D eigenvalue weighted by atomic mass is 35.5. The van der Waals surface area contributed by atoms with Gasteiger partial charge in [0.25, 0.3) is 10.3 Å². The number of carbonyl (C=O) groups excluding carboxylic acids is 7. The van der Waals surface area contributed by atoms with E-state index in [-0.39, 0.29) is 108 Å². The van der Waals surface area contributed by atoms with Gasteiger partial charge in [0.2, 0.25) is 23.6 Å². The zero-order valence-electron chi connectivity index (χ0n) is 54.4. The summed E-state index contributed by atoms with van der Waals surface area (Å²) in [7, 11) is -1.38. The van der Waals surface area contributed by atoms with Crippen LogP contribution in [0.4, 0.5) is 21.9 Å². The molecule has 24 nitrogen and oxygen atoms in total. The van der Waals surface area contributed by atoms with Gasteiger partial charge in [-0.2, -0.15) is 0 Å². The van der Waals surface area contributed by atoms with Gasteiger partial charge in [-0.1, -0.05) is 32.4 Å². The highest BCUT2D eigenvalue weighted by molar-refractivity contribution is 7.80. The Morgan fingerprint density at radius 1 is 0.779 bits per heavy atom. The molecule has 3 fully saturated rings. The number of nitrogens with zero attached hydrogens (tertiary/aromatic N) is 4. The number of unbranched alkanes of at least 4 members (excludes halogenated alkanes) is 1. The lowest BCUT2D eigenvalue weighted by atomic mass is 9.72. The third kappa shape index (κ3) is 14.0. The molecule has 3 aliphatic carbocycles. The number of likely N-dealkylation sites (N-methyl/N-ethyl adjacent to an activating group) is 2. The molecule has 2 aromatic heterocycles. The fourth-order valence-electron chi connectivity index (χ4n) is 15.0. The number of anilines is 3. The lowest BCUT2D eigenvalue weighted by Crippen LogP contribution is -2.49. The van der Waals surface area contributed by atoms with E-state index in [0.29, 0.717) is 110 Å². The Kier molecular flexibility index (Phi) is 21.1. The number of aromatic amines is 2. The third-order valence-electron chi connectivity index (χ3n) is 20.0. The number of nitrogens with one attached hydrogen (secondary N) is 5. The minimum Gasteiger partial charge on any atom is -0.466 e. The molecular formula is C66H84Cl2N11O13PS2. The van der Waals surface area contributed by atoms with E-state index in [2.05, 4.69) is 25.9 Å². The van der Waals surface area contributed by atoms with Crippen LogP contribution in [-0.4, -0.2) is 152 Å². The molecule has 4 heterocycles. The Hall–Kier alpha value is -6.90. The largest absolute Gasteiger partial charge is 0.524 e. The van der Waals surface area contributed by atoms with E-state index in [4.69, 9.17) is 73.1 Å². The number of nitrogens with two attached hydrogens (primary N) is 2. The van der Waals surface area contributed by atoms with Crippen LogP contribution in [-0.2, 0) is 44.7 Å². The highest BCUT2D eigenvalue weighted by Crippen LogP contribution is 3.01. The first-order valence-corrected chi connectivity index (χ1v) is 35.5. The summed E-state index contributed by atoms with van der Waals surface area (Å²) >= 11 is 24.9. The van der Waals surface area contributed by atoms with Crippen molar-refractivity contribution in [2.75, 3.05) is 80.2 Å². The van der Waals surface area contributed by atoms with Crippen LogP contribution in [0, 0.1) is 47.8 Å². The van der Waals surface area contributed by atoms with Gasteiger partial charge in [-0.3, -0.25) is 33.8 Å². The number of halogens is 2. The Morgan fingerprint density at radius 3 is 1.83 bits per heavy atom. The van der Waals surface area contributed by atoms with Crippen molar-refractivity contribution in [2.24, 2.45) is 45.5 Å². The van der Waals surface area contributed by atoms with Gasteiger partial charge in [0.05, 0.1) is 39.3 Å². The van der Waals surface area contributed by atoms with Gasteiger partial charge in [-0.25, -0.2) is 9.36 Å². The monoisotopic (exact) mass is 1400 g/mol. The topological polar surface area (TPSA) is 337 Å². The number of phosphoric acid groups is 1. The van der Waals surface area contributed by atoms with E-state index in [9.17, 15) is 43.1 Å². The van der Waals surface area contributed by atoms with E-state index in [0.717, 1.165) is 33.2 Å². The first-order valence-electron chi connectivity index (χ1n) is 32.1. The molecule has 3 aromatic carbocycles. The molecule has 0 bridgehead atoms. The number of rotatable bonds is 30. The standard InChI is InChI=1S/C66H84Cl2N11O13PS2/c1-35(2)54(75-58(83)40(21-38(5)80)11-8-9-17-69)47(81)22-41(12-10-18-71-61(70)86)57(82)74-44-15-13-39(14-16-44)31-90-62(94)76(6)19-20-77(7)63(95)91-48-23-45-52(50-36(3)27-72-55(48)50)42(25-67)29-78(45)59(84)64-32-65(34-66(64,65)33-64)60(85)79-30-43(26-68)53-46(79)24-49(92-93(87,88)89)56-51(53)37(4)28-73-56/h13-16,23-24,27-28,35,40-43,54,72-73H,8-12,17-22,25-26,29-34,69H2,1-7H3,(H,74,82)(H,75,83)(H3,70,71,86)(H2,87,88,89)/t40-,41-,42-,43-,54+,64?,65?,66?/m1/s1. The number of carbonyl (C=O) groups is 7. The molecule has 95 heavy (non-hydrogen) atoms. The average molecular weight is 1410 g/mol. The molecule has 29 heteroatoms. The quantitative estimate of drug-likeness (QED) is 0.00897. The number of hydrogen-bond donors (Lipinski definition) is 9. The number of benzene rings is 3. The van der Waals surface area contributed by atoms with E-state index in [1.54, 1.807) is 73.1 Å². The van der Waals surface area contributed by atoms with Crippen LogP contribution in [0.5, 0.6) is 11.5 Å². The lowest BCUT2D eigenvalue weighted by molar-refractivity contribution is -0.134. The lowest BCUT2D eigenvalue weighted by Gasteiger charge is -2.37. The van der Waals surface area contributed by atoms with Crippen LogP contribution < -0.4 is 46.5 Å². The SMILES string of the molecule is CC(=O)C[C@@H](CCCCN)C(=O)N[C@H](C(=O)C[C@@H](CCCNC(N)=O)C(=O)Nc1ccc(COC(=S)N(C)CCN(C)C(=S)Oc2cc3c(c4c(C)c[nH]c24)[C@H](CCl)CN3C(=O)C23CC4(C(=O)N5C[C@@H](CCl)c6c5cc(OP(=O)(O)O)c5[nH]cc(C)c65)CC24C3)cc1)C(C)C. The van der Waals surface area contributed by atoms with Crippen molar-refractivity contribution < 1.29 is 61.9 Å². The molecule has 3 saturated carbocycles. The maximum absolute atomic E-state index is 15.2. The molecule has 10 rings (SSSR count). The zero-order valence-corrected chi connectivity index (χ0v) is 58.4. The molecule has 0 radical (unpaired) electrons. The number of hydrogen-bond acceptors (Lipinski definition) is 14. The fraction of sp³-hybridized carbons (Fsp3) is 0.530. The Morgan fingerprint density at radius 2 is 1.32 bits per heavy atom. The van der Waals surface area contributed by atoms with Gasteiger partial charge in [-0.05, 0) is 143 Å². The van der Waals surface area contributed by atoms with E-state index in [1.807, 2.05) is 31.0 Å². The van der Waals surface area contributed by atoms with Gasteiger partial charge in [0.1, 0.15) is 12.4 Å². The van der Waals surface area contributed by atoms with Gasteiger partial charge in [-0.15, -0.1) is 23.2 Å². The molecule has 8 atom stereocenters. The summed E-state index contributed by atoms with van der Waals surface area (Å²) in [4.78, 5) is 128. The summed E-state index contributed by atoms with van der Waals surface area (Å²) < 4.78 is 29.9. The summed E-state index contributed by atoms with van der Waals surface area (Å²) in [6.07, 6.45) is 7.30. The molecule has 11 N–H and O–H groups in total. The predicted molar refractivity (Wildman–Crippen MR) is 371 cm³/mol. The maximum Gasteiger partial charge on any atom is 0.524 e. The normalized spacial score (nSPS) is 21.3. The van der Waals surface area contributed by atoms with Crippen LogP contribution in [0.3, 0.4) is 0 Å². The fourth-order valence-corrected chi connectivity index (χ4v) is 16.3. The highest BCUT2D eigenvalue weighted by Gasteiger charge is 3.01. The second-order valence-corrected chi connectivity index (χ2v) is 29.3. The van der Waals surface area contributed by atoms with Crippen molar-refractivity contribution in [3.05, 3.63) is 76.6 Å². The second kappa shape index (κ2) is 28.3. The van der Waals surface area contributed by atoms with Crippen molar-refractivity contribution in [3.8, 4) is 11.5 Å². The number of thiocarbonyl (C=S) groups is 2. The molecular weight excluding hydrogens is 1320 g/mol. The Balaban J connectivity index is 0.739. The molecule has 6 amide bonds. The summed E-state index contributed by atoms with van der Waals surface area (Å²) in [5.41, 5.74) is 15.9. The van der Waals surface area contributed by atoms with Crippen LogP contribution >= 0.6 is 55.5 Å². The predicted octanol–water partition coefficient (Wildman–Crippen LogP) is 8.80. The number of aryl methyl sites for hydroxylation is 2. The number of alkyl halides is 2. The number of Topliss-reactive ketones (excluding diaryl/α,β-unsaturated/α-hetero) is 2. The first-order chi connectivity index (χ1) is 45.0. The number of fused-ring (bicyclic) bond motifs is 6. The van der Waals surface area contributed by atoms with Crippen LogP contribution in [0.25, 0.3) is 21.8 Å². The number of ketones is 2. The summed E-state index contributed by atoms with van der Waals surface area (Å²) in [5.74, 6) is -2.88. The van der Waals surface area contributed by atoms with Crippen molar-refractivity contribution in [2.45, 2.75) is 123 Å². The molecule has 2 aliphatic heterocycles. The zero-order chi connectivity index (χ0) is 68.8. The maximum atomic E-state index is 15.2. The van der Waals surface area contributed by atoms with Gasteiger partial charge in [0, 0.05) is 141 Å². The number of amides is 6. The van der Waals surface area contributed by atoms with Crippen LogP contribution in [0.2, 0.25) is 0 Å². The number of phosphoric ester groups is 1. The van der Waals surface area contributed by atoms with Crippen molar-refractivity contribution in [3.63, 3.8) is 0 Å². The number of ether oxygens (including phenoxy) is 2. The van der Waals surface area contributed by atoms with Crippen LogP contribution in [0.1, 0.15) is 125 Å². The first kappa shape index (κ1) is 70.9. The number of urea groups is 1.